The molecule has 3 N–H and O–H groups in total. The lowest BCUT2D eigenvalue weighted by molar-refractivity contribution is 0.207. The van der Waals surface area contributed by atoms with Gasteiger partial charge in [-0.15, -0.1) is 11.3 Å². The molecule has 4 aromatic rings. The van der Waals surface area contributed by atoms with Crippen LogP contribution in [-0.4, -0.2) is 16.1 Å². The zero-order valence-electron chi connectivity index (χ0n) is 12.9. The van der Waals surface area contributed by atoms with Gasteiger partial charge in [-0.3, -0.25) is 0 Å². The van der Waals surface area contributed by atoms with Crippen molar-refractivity contribution in [3.05, 3.63) is 60.0 Å². The van der Waals surface area contributed by atoms with Crippen LogP contribution < -0.4 is 10.5 Å². The molecule has 0 aliphatic heterocycles. The number of primary amides is 1. The van der Waals surface area contributed by atoms with Crippen LogP contribution in [0.2, 0.25) is 0 Å². The van der Waals surface area contributed by atoms with Crippen LogP contribution in [0.25, 0.3) is 21.5 Å². The van der Waals surface area contributed by atoms with Gasteiger partial charge in [0.2, 0.25) is 0 Å². The number of hydrogen-bond donors (Lipinski definition) is 2. The van der Waals surface area contributed by atoms with Crippen molar-refractivity contribution in [1.82, 2.24) is 9.97 Å². The average molecular weight is 367 g/mol. The first-order chi connectivity index (χ1) is 12.2. The number of nitrogens with zero attached hydrogens (tertiary/aromatic N) is 1. The third-order valence-corrected chi connectivity index (χ3v) is 5.44. The molecule has 0 atom stereocenters. The summed E-state index contributed by atoms with van der Waals surface area (Å²) < 4.78 is 4.77. The highest BCUT2D eigenvalue weighted by Crippen LogP contribution is 2.32. The lowest BCUT2D eigenvalue weighted by Gasteiger charge is -2.03. The molecule has 0 saturated carbocycles. The number of nitrogens with one attached hydrogen (secondary N) is 1. The maximum absolute atomic E-state index is 10.8. The molecule has 2 aromatic carbocycles. The molecule has 25 heavy (non-hydrogen) atoms. The van der Waals surface area contributed by atoms with Gasteiger partial charge in [0.25, 0.3) is 0 Å². The minimum atomic E-state index is -0.889. The first-order valence-corrected chi connectivity index (χ1v) is 9.16. The molecule has 0 fully saturated rings. The Morgan fingerprint density at radius 1 is 1.12 bits per heavy atom. The Labute approximate surface area is 151 Å². The van der Waals surface area contributed by atoms with Crippen LogP contribution in [0.1, 0.15) is 0 Å². The summed E-state index contributed by atoms with van der Waals surface area (Å²) in [6, 6.07) is 18.6. The van der Waals surface area contributed by atoms with Gasteiger partial charge < -0.3 is 15.5 Å². The number of carbonyl (C=O) groups excluding carboxylic acids is 1. The van der Waals surface area contributed by atoms with Crippen LogP contribution in [-0.2, 0) is 0 Å². The molecular weight excluding hydrogens is 354 g/mol. The lowest BCUT2D eigenvalue weighted by atomic mass is 10.2. The Kier molecular flexibility index (Phi) is 4.17. The van der Waals surface area contributed by atoms with E-state index in [1.807, 2.05) is 18.2 Å². The summed E-state index contributed by atoms with van der Waals surface area (Å²) in [6.45, 7) is 0. The number of benzene rings is 2. The number of amides is 1. The van der Waals surface area contributed by atoms with Crippen LogP contribution in [0, 0.1) is 0 Å². The number of imidazole rings is 1. The van der Waals surface area contributed by atoms with Gasteiger partial charge in [0, 0.05) is 14.7 Å². The summed E-state index contributed by atoms with van der Waals surface area (Å²) in [5.41, 5.74) is 7.72. The normalized spacial score (nSPS) is 10.9. The fourth-order valence-electron chi connectivity index (χ4n) is 2.44. The van der Waals surface area contributed by atoms with Gasteiger partial charge in [-0.1, -0.05) is 30.0 Å². The third-order valence-electron chi connectivity index (χ3n) is 3.53. The molecule has 124 valence electrons. The zero-order chi connectivity index (χ0) is 17.2. The van der Waals surface area contributed by atoms with E-state index in [0.717, 1.165) is 20.8 Å². The smallest absolute Gasteiger partial charge is 0.376 e. The van der Waals surface area contributed by atoms with Gasteiger partial charge in [-0.25, -0.2) is 4.79 Å². The Balaban J connectivity index is 1.54. The van der Waals surface area contributed by atoms with E-state index >= 15 is 0 Å². The highest BCUT2D eigenvalue weighted by Gasteiger charge is 2.08. The van der Waals surface area contributed by atoms with Gasteiger partial charge in [0.1, 0.15) is 0 Å². The molecule has 5 nitrogen and oxygen atoms in total. The van der Waals surface area contributed by atoms with Gasteiger partial charge in [0.05, 0.1) is 11.0 Å². The third kappa shape index (κ3) is 3.52. The van der Waals surface area contributed by atoms with Gasteiger partial charge >= 0.3 is 12.1 Å². The maximum atomic E-state index is 10.8. The number of nitrogens with two attached hydrogens (primary N) is 1. The van der Waals surface area contributed by atoms with E-state index in [1.54, 1.807) is 23.1 Å². The minimum absolute atomic E-state index is 0.102. The van der Waals surface area contributed by atoms with Crippen LogP contribution >= 0.6 is 23.1 Å². The van der Waals surface area contributed by atoms with E-state index in [9.17, 15) is 4.79 Å². The fraction of sp³-hybridized carbons (Fsp3) is 0. The highest BCUT2D eigenvalue weighted by atomic mass is 32.2. The van der Waals surface area contributed by atoms with Crippen molar-refractivity contribution < 1.29 is 9.53 Å². The molecule has 4 rings (SSSR count). The van der Waals surface area contributed by atoms with Gasteiger partial charge in [0.15, 0.2) is 0 Å². The second-order valence-corrected chi connectivity index (χ2v) is 7.34. The number of carbonyl (C=O) groups is 1. The summed E-state index contributed by atoms with van der Waals surface area (Å²) in [4.78, 5) is 21.4. The predicted molar refractivity (Wildman–Crippen MR) is 100 cm³/mol. The Morgan fingerprint density at radius 3 is 2.64 bits per heavy atom. The van der Waals surface area contributed by atoms with Crippen molar-refractivity contribution in [3.8, 4) is 16.5 Å². The van der Waals surface area contributed by atoms with Crippen LogP contribution in [0.15, 0.2) is 69.8 Å². The monoisotopic (exact) mass is 367 g/mol. The van der Waals surface area contributed by atoms with E-state index < -0.39 is 6.09 Å². The second-order valence-electron chi connectivity index (χ2n) is 5.25. The summed E-state index contributed by atoms with van der Waals surface area (Å²) >= 11 is 3.38. The molecule has 0 aliphatic rings. The van der Waals surface area contributed by atoms with Crippen molar-refractivity contribution in [2.75, 3.05) is 0 Å². The summed E-state index contributed by atoms with van der Waals surface area (Å²) in [6.07, 6.45) is -0.889. The summed E-state index contributed by atoms with van der Waals surface area (Å²) in [5.74, 6) is 0. The van der Waals surface area contributed by atoms with Gasteiger partial charge in [-0.05, 0) is 47.3 Å². The number of H-pyrrole nitrogens is 1. The topological polar surface area (TPSA) is 81.0 Å². The van der Waals surface area contributed by atoms with Gasteiger partial charge in [-0.2, -0.15) is 4.98 Å². The Bertz CT molecular complexity index is 1020. The van der Waals surface area contributed by atoms with Crippen molar-refractivity contribution in [2.24, 2.45) is 5.73 Å². The van der Waals surface area contributed by atoms with Crippen molar-refractivity contribution in [1.29, 1.82) is 0 Å². The van der Waals surface area contributed by atoms with Crippen molar-refractivity contribution in [2.45, 2.75) is 9.79 Å². The molecule has 0 unspecified atom stereocenters. The van der Waals surface area contributed by atoms with Crippen molar-refractivity contribution >= 4 is 40.2 Å². The molecular formula is C18H13N3O2S2. The maximum Gasteiger partial charge on any atom is 0.412 e. The minimum Gasteiger partial charge on any atom is -0.376 e. The molecule has 0 spiro atoms. The number of aromatic amines is 1. The number of hydrogen-bond acceptors (Lipinski definition) is 5. The molecule has 2 heterocycles. The number of ether oxygens (including phenoxy) is 1. The number of thiophene rings is 1. The SMILES string of the molecule is NC(=O)Oc1nc2cc(Sc3ccc(-c4cccs4)cc3)ccc2[nH]1. The summed E-state index contributed by atoms with van der Waals surface area (Å²) in [7, 11) is 0. The first kappa shape index (κ1) is 15.7. The van der Waals surface area contributed by atoms with Crippen LogP contribution in [0.4, 0.5) is 4.79 Å². The van der Waals surface area contributed by atoms with E-state index in [1.165, 1.54) is 10.4 Å². The van der Waals surface area contributed by atoms with E-state index in [0.29, 0.717) is 0 Å². The molecule has 0 saturated heterocycles. The summed E-state index contributed by atoms with van der Waals surface area (Å²) in [5, 5.41) is 2.08. The highest BCUT2D eigenvalue weighted by molar-refractivity contribution is 7.99. The molecule has 0 bridgehead atoms. The quantitative estimate of drug-likeness (QED) is 0.537. The molecule has 2 aromatic heterocycles. The number of aromatic nitrogens is 2. The standard InChI is InChI=1S/C18H13N3O2S2/c19-17(22)23-18-20-14-8-7-13(10-15(14)21-18)25-12-5-3-11(4-6-12)16-2-1-9-24-16/h1-10H,(H2,19,22)(H,20,21). The molecule has 0 aliphatic carbocycles. The van der Waals surface area contributed by atoms with Crippen LogP contribution in [0.3, 0.4) is 0 Å². The molecule has 0 radical (unpaired) electrons. The number of fused-ring (bicyclic) bond motifs is 1. The van der Waals surface area contributed by atoms with E-state index in [-0.39, 0.29) is 6.01 Å². The average Bonchev–Trinajstić information content (AvgIpc) is 3.24. The zero-order valence-corrected chi connectivity index (χ0v) is 14.6. The fourth-order valence-corrected chi connectivity index (χ4v) is 4.02. The van der Waals surface area contributed by atoms with E-state index in [2.05, 4.69) is 51.7 Å². The second kappa shape index (κ2) is 6.62. The number of rotatable bonds is 4. The largest absolute Gasteiger partial charge is 0.412 e. The Morgan fingerprint density at radius 2 is 1.92 bits per heavy atom. The van der Waals surface area contributed by atoms with Crippen LogP contribution in [0.5, 0.6) is 6.01 Å². The van der Waals surface area contributed by atoms with E-state index in [4.69, 9.17) is 10.5 Å². The molecule has 1 amide bonds. The van der Waals surface area contributed by atoms with Crippen molar-refractivity contribution in [3.63, 3.8) is 0 Å². The predicted octanol–water partition coefficient (Wildman–Crippen LogP) is 4.90. The Hall–Kier alpha value is -2.77. The lowest BCUT2D eigenvalue weighted by Crippen LogP contribution is -2.16. The molecule has 7 heteroatoms. The first-order valence-electron chi connectivity index (χ1n) is 7.46.